The lowest BCUT2D eigenvalue weighted by Crippen LogP contribution is -2.17. The predicted octanol–water partition coefficient (Wildman–Crippen LogP) is 3.82. The van der Waals surface area contributed by atoms with Crippen LogP contribution in [0.4, 0.5) is 0 Å². The molecule has 0 radical (unpaired) electrons. The molecule has 2 aromatic carbocycles. The number of rotatable bonds is 7. The van der Waals surface area contributed by atoms with Gasteiger partial charge in [-0.3, -0.25) is 0 Å². The molecule has 2 N–H and O–H groups in total. The van der Waals surface area contributed by atoms with Crippen LogP contribution in [0.15, 0.2) is 42.5 Å². The summed E-state index contributed by atoms with van der Waals surface area (Å²) in [5.41, 5.74) is 9.86. The van der Waals surface area contributed by atoms with Crippen molar-refractivity contribution in [3.8, 4) is 11.5 Å². The number of aryl methyl sites for hydroxylation is 2. The zero-order chi connectivity index (χ0) is 15.9. The van der Waals surface area contributed by atoms with Crippen LogP contribution in [0.2, 0.25) is 0 Å². The molecule has 0 amide bonds. The van der Waals surface area contributed by atoms with Gasteiger partial charge in [0.25, 0.3) is 0 Å². The summed E-state index contributed by atoms with van der Waals surface area (Å²) in [7, 11) is 1.65. The average molecular weight is 299 g/mol. The third kappa shape index (κ3) is 4.01. The van der Waals surface area contributed by atoms with Crippen LogP contribution >= 0.6 is 0 Å². The van der Waals surface area contributed by atoms with E-state index in [9.17, 15) is 0 Å². The Morgan fingerprint density at radius 3 is 2.45 bits per heavy atom. The molecule has 0 fully saturated rings. The topological polar surface area (TPSA) is 44.5 Å². The van der Waals surface area contributed by atoms with E-state index in [1.54, 1.807) is 7.11 Å². The molecule has 1 unspecified atom stereocenters. The van der Waals surface area contributed by atoms with E-state index in [0.717, 1.165) is 17.9 Å². The van der Waals surface area contributed by atoms with Crippen LogP contribution in [0.3, 0.4) is 0 Å². The third-order valence-corrected chi connectivity index (χ3v) is 3.95. The van der Waals surface area contributed by atoms with Crippen LogP contribution < -0.4 is 15.2 Å². The molecule has 0 heterocycles. The van der Waals surface area contributed by atoms with Crippen molar-refractivity contribution in [2.45, 2.75) is 26.2 Å². The molecule has 0 aromatic heterocycles. The van der Waals surface area contributed by atoms with Crippen LogP contribution in [-0.2, 0) is 0 Å². The average Bonchev–Trinajstić information content (AvgIpc) is 2.54. The van der Waals surface area contributed by atoms with E-state index in [4.69, 9.17) is 15.2 Å². The standard InChI is InChI=1S/C19H25NO2/c1-14-8-9-15(2)17(12-14)16(13-20)10-11-22-19-7-5-4-6-18(19)21-3/h4-9,12,16H,10-11,13,20H2,1-3H3. The highest BCUT2D eigenvalue weighted by Gasteiger charge is 2.13. The van der Waals surface area contributed by atoms with E-state index < -0.39 is 0 Å². The van der Waals surface area contributed by atoms with Gasteiger partial charge in [0.2, 0.25) is 0 Å². The van der Waals surface area contributed by atoms with Crippen LogP contribution in [0.25, 0.3) is 0 Å². The minimum Gasteiger partial charge on any atom is -0.493 e. The fourth-order valence-electron chi connectivity index (χ4n) is 2.65. The molecule has 0 aliphatic carbocycles. The summed E-state index contributed by atoms with van der Waals surface area (Å²) < 4.78 is 11.2. The second kappa shape index (κ2) is 7.85. The zero-order valence-electron chi connectivity index (χ0n) is 13.6. The van der Waals surface area contributed by atoms with Gasteiger partial charge >= 0.3 is 0 Å². The van der Waals surface area contributed by atoms with Gasteiger partial charge in [0.05, 0.1) is 13.7 Å². The molecule has 3 nitrogen and oxygen atoms in total. The number of para-hydroxylation sites is 2. The van der Waals surface area contributed by atoms with Crippen LogP contribution in [-0.4, -0.2) is 20.3 Å². The molecule has 0 saturated carbocycles. The van der Waals surface area contributed by atoms with Crippen molar-refractivity contribution in [3.05, 3.63) is 59.2 Å². The summed E-state index contributed by atoms with van der Waals surface area (Å²) in [5.74, 6) is 1.86. The lowest BCUT2D eigenvalue weighted by molar-refractivity contribution is 0.280. The molecule has 2 aromatic rings. The lowest BCUT2D eigenvalue weighted by Gasteiger charge is -2.19. The summed E-state index contributed by atoms with van der Waals surface area (Å²) in [6.45, 7) is 5.50. The van der Waals surface area contributed by atoms with Gasteiger partial charge in [0.15, 0.2) is 11.5 Å². The van der Waals surface area contributed by atoms with Gasteiger partial charge in [-0.15, -0.1) is 0 Å². The summed E-state index contributed by atoms with van der Waals surface area (Å²) in [6.07, 6.45) is 0.888. The number of hydrogen-bond donors (Lipinski definition) is 1. The molecule has 3 heteroatoms. The van der Waals surface area contributed by atoms with Gasteiger partial charge in [-0.1, -0.05) is 35.9 Å². The molecule has 0 spiro atoms. The Morgan fingerprint density at radius 2 is 1.77 bits per heavy atom. The number of ether oxygens (including phenoxy) is 2. The fraction of sp³-hybridized carbons (Fsp3) is 0.368. The Labute approximate surface area is 133 Å². The quantitative estimate of drug-likeness (QED) is 0.845. The monoisotopic (exact) mass is 299 g/mol. The van der Waals surface area contributed by atoms with E-state index in [0.29, 0.717) is 19.1 Å². The molecule has 22 heavy (non-hydrogen) atoms. The Hall–Kier alpha value is -2.00. The molecule has 0 bridgehead atoms. The minimum atomic E-state index is 0.314. The smallest absolute Gasteiger partial charge is 0.161 e. The predicted molar refractivity (Wildman–Crippen MR) is 90.8 cm³/mol. The summed E-state index contributed by atoms with van der Waals surface area (Å²) in [6, 6.07) is 14.2. The molecular formula is C19H25NO2. The minimum absolute atomic E-state index is 0.314. The Kier molecular flexibility index (Phi) is 5.84. The molecule has 0 aliphatic rings. The normalized spacial score (nSPS) is 12.0. The van der Waals surface area contributed by atoms with E-state index in [-0.39, 0.29) is 0 Å². The molecular weight excluding hydrogens is 274 g/mol. The summed E-state index contributed by atoms with van der Waals surface area (Å²) in [4.78, 5) is 0. The van der Waals surface area contributed by atoms with Crippen LogP contribution in [0, 0.1) is 13.8 Å². The van der Waals surface area contributed by atoms with Crippen molar-refractivity contribution < 1.29 is 9.47 Å². The Bertz CT molecular complexity index is 610. The molecule has 0 aliphatic heterocycles. The first-order chi connectivity index (χ1) is 10.7. The zero-order valence-corrected chi connectivity index (χ0v) is 13.6. The Balaban J connectivity index is 2.01. The van der Waals surface area contributed by atoms with Gasteiger partial charge < -0.3 is 15.2 Å². The lowest BCUT2D eigenvalue weighted by atomic mass is 9.91. The van der Waals surface area contributed by atoms with Crippen molar-refractivity contribution in [2.24, 2.45) is 5.73 Å². The maximum absolute atomic E-state index is 5.98. The highest BCUT2D eigenvalue weighted by atomic mass is 16.5. The number of methoxy groups -OCH3 is 1. The van der Waals surface area contributed by atoms with E-state index in [1.165, 1.54) is 16.7 Å². The van der Waals surface area contributed by atoms with E-state index >= 15 is 0 Å². The van der Waals surface area contributed by atoms with E-state index in [2.05, 4.69) is 32.0 Å². The van der Waals surface area contributed by atoms with Gasteiger partial charge in [-0.2, -0.15) is 0 Å². The maximum Gasteiger partial charge on any atom is 0.161 e. The largest absolute Gasteiger partial charge is 0.493 e. The Morgan fingerprint density at radius 1 is 1.05 bits per heavy atom. The van der Waals surface area contributed by atoms with Crippen LogP contribution in [0.1, 0.15) is 29.0 Å². The number of benzene rings is 2. The second-order valence-corrected chi connectivity index (χ2v) is 5.58. The number of hydrogen-bond acceptors (Lipinski definition) is 3. The first-order valence-corrected chi connectivity index (χ1v) is 7.68. The first-order valence-electron chi connectivity index (χ1n) is 7.68. The maximum atomic E-state index is 5.98. The molecule has 2 rings (SSSR count). The summed E-state index contributed by atoms with van der Waals surface area (Å²) >= 11 is 0. The van der Waals surface area contributed by atoms with Gasteiger partial charge in [-0.05, 0) is 56.0 Å². The van der Waals surface area contributed by atoms with Crippen molar-refractivity contribution in [1.29, 1.82) is 0 Å². The molecule has 1 atom stereocenters. The second-order valence-electron chi connectivity index (χ2n) is 5.58. The van der Waals surface area contributed by atoms with Gasteiger partial charge in [0, 0.05) is 0 Å². The fourth-order valence-corrected chi connectivity index (χ4v) is 2.65. The van der Waals surface area contributed by atoms with Crippen molar-refractivity contribution in [2.75, 3.05) is 20.3 Å². The van der Waals surface area contributed by atoms with Crippen molar-refractivity contribution in [1.82, 2.24) is 0 Å². The summed E-state index contributed by atoms with van der Waals surface area (Å²) in [5, 5.41) is 0. The van der Waals surface area contributed by atoms with Crippen molar-refractivity contribution in [3.63, 3.8) is 0 Å². The van der Waals surface area contributed by atoms with Crippen molar-refractivity contribution >= 4 is 0 Å². The van der Waals surface area contributed by atoms with E-state index in [1.807, 2.05) is 24.3 Å². The van der Waals surface area contributed by atoms with Crippen LogP contribution in [0.5, 0.6) is 11.5 Å². The molecule has 0 saturated heterocycles. The SMILES string of the molecule is COc1ccccc1OCCC(CN)c1cc(C)ccc1C. The highest BCUT2D eigenvalue weighted by molar-refractivity contribution is 5.39. The highest BCUT2D eigenvalue weighted by Crippen LogP contribution is 2.28. The van der Waals surface area contributed by atoms with Gasteiger partial charge in [0.1, 0.15) is 0 Å². The third-order valence-electron chi connectivity index (χ3n) is 3.95. The first kappa shape index (κ1) is 16.4. The number of nitrogens with two attached hydrogens (primary N) is 1. The van der Waals surface area contributed by atoms with Gasteiger partial charge in [-0.25, -0.2) is 0 Å². The molecule has 118 valence electrons.